The lowest BCUT2D eigenvalue weighted by molar-refractivity contribution is 0.102. The lowest BCUT2D eigenvalue weighted by atomic mass is 10.1. The first-order chi connectivity index (χ1) is 9.63. The van der Waals surface area contributed by atoms with Crippen molar-refractivity contribution in [3.63, 3.8) is 0 Å². The SMILES string of the molecule is COc1ccc(NC(=O)c2cncc(C#N)c2)cc1C. The van der Waals surface area contributed by atoms with Crippen molar-refractivity contribution in [1.82, 2.24) is 4.98 Å². The maximum atomic E-state index is 12.1. The van der Waals surface area contributed by atoms with Crippen molar-refractivity contribution in [2.24, 2.45) is 0 Å². The standard InChI is InChI=1S/C15H13N3O2/c1-10-5-13(3-4-14(10)20-2)18-15(19)12-6-11(7-16)8-17-9-12/h3-6,8-9H,1-2H3,(H,18,19). The molecule has 0 bridgehead atoms. The van der Waals surface area contributed by atoms with Gasteiger partial charge in [-0.25, -0.2) is 0 Å². The van der Waals surface area contributed by atoms with Crippen molar-refractivity contribution in [3.05, 3.63) is 53.3 Å². The Morgan fingerprint density at radius 2 is 2.15 bits per heavy atom. The largest absolute Gasteiger partial charge is 0.496 e. The predicted octanol–water partition coefficient (Wildman–Crippen LogP) is 2.52. The molecular formula is C15H13N3O2. The maximum Gasteiger partial charge on any atom is 0.257 e. The minimum Gasteiger partial charge on any atom is -0.496 e. The number of amides is 1. The molecule has 0 aliphatic carbocycles. The predicted molar refractivity (Wildman–Crippen MR) is 74.6 cm³/mol. The molecule has 0 saturated carbocycles. The van der Waals surface area contributed by atoms with Crippen LogP contribution in [0.2, 0.25) is 0 Å². The lowest BCUT2D eigenvalue weighted by Crippen LogP contribution is -2.12. The van der Waals surface area contributed by atoms with Crippen LogP contribution >= 0.6 is 0 Å². The van der Waals surface area contributed by atoms with Gasteiger partial charge in [0, 0.05) is 18.1 Å². The second kappa shape index (κ2) is 5.85. The number of aryl methyl sites for hydroxylation is 1. The molecule has 2 aromatic rings. The van der Waals surface area contributed by atoms with Crippen LogP contribution in [-0.4, -0.2) is 18.0 Å². The molecule has 0 unspecified atom stereocenters. The van der Waals surface area contributed by atoms with Crippen LogP contribution in [-0.2, 0) is 0 Å². The molecule has 5 nitrogen and oxygen atoms in total. The van der Waals surface area contributed by atoms with E-state index in [2.05, 4.69) is 10.3 Å². The summed E-state index contributed by atoms with van der Waals surface area (Å²) in [7, 11) is 1.60. The zero-order chi connectivity index (χ0) is 14.5. The molecule has 1 aromatic heterocycles. The Morgan fingerprint density at radius 3 is 2.80 bits per heavy atom. The van der Waals surface area contributed by atoms with Crippen molar-refractivity contribution in [3.8, 4) is 11.8 Å². The van der Waals surface area contributed by atoms with Crippen LogP contribution in [0.25, 0.3) is 0 Å². The summed E-state index contributed by atoms with van der Waals surface area (Å²) in [5.74, 6) is 0.454. The van der Waals surface area contributed by atoms with Gasteiger partial charge in [-0.3, -0.25) is 9.78 Å². The molecule has 2 rings (SSSR count). The topological polar surface area (TPSA) is 75.0 Å². The highest BCUT2D eigenvalue weighted by molar-refractivity contribution is 6.04. The van der Waals surface area contributed by atoms with E-state index in [0.29, 0.717) is 16.8 Å². The highest BCUT2D eigenvalue weighted by Gasteiger charge is 2.08. The quantitative estimate of drug-likeness (QED) is 0.927. The van der Waals surface area contributed by atoms with Crippen LogP contribution in [0, 0.1) is 18.3 Å². The summed E-state index contributed by atoms with van der Waals surface area (Å²) < 4.78 is 5.16. The monoisotopic (exact) mass is 267 g/mol. The summed E-state index contributed by atoms with van der Waals surface area (Å²) in [5, 5.41) is 11.5. The van der Waals surface area contributed by atoms with Crippen LogP contribution in [0.4, 0.5) is 5.69 Å². The van der Waals surface area contributed by atoms with Crippen LogP contribution in [0.5, 0.6) is 5.75 Å². The molecular weight excluding hydrogens is 254 g/mol. The Morgan fingerprint density at radius 1 is 1.35 bits per heavy atom. The van der Waals surface area contributed by atoms with Gasteiger partial charge >= 0.3 is 0 Å². The lowest BCUT2D eigenvalue weighted by Gasteiger charge is -2.09. The number of carbonyl (C=O) groups excluding carboxylic acids is 1. The van der Waals surface area contributed by atoms with E-state index in [1.54, 1.807) is 19.2 Å². The third-order valence-corrected chi connectivity index (χ3v) is 2.78. The smallest absolute Gasteiger partial charge is 0.257 e. The number of nitrogens with one attached hydrogen (secondary N) is 1. The summed E-state index contributed by atoms with van der Waals surface area (Å²) in [6.45, 7) is 1.90. The van der Waals surface area contributed by atoms with Gasteiger partial charge in [0.2, 0.25) is 0 Å². The molecule has 0 aliphatic rings. The highest BCUT2D eigenvalue weighted by atomic mass is 16.5. The molecule has 0 saturated heterocycles. The Hall–Kier alpha value is -2.87. The summed E-state index contributed by atoms with van der Waals surface area (Å²) in [4.78, 5) is 15.9. The summed E-state index contributed by atoms with van der Waals surface area (Å²) in [6, 6.07) is 8.81. The molecule has 1 aromatic carbocycles. The first-order valence-electron chi connectivity index (χ1n) is 5.95. The van der Waals surface area contributed by atoms with Gasteiger partial charge in [0.15, 0.2) is 0 Å². The third-order valence-electron chi connectivity index (χ3n) is 2.78. The van der Waals surface area contributed by atoms with Crippen LogP contribution < -0.4 is 10.1 Å². The number of nitriles is 1. The number of rotatable bonds is 3. The molecule has 0 radical (unpaired) electrons. The van der Waals surface area contributed by atoms with E-state index in [9.17, 15) is 4.79 Å². The van der Waals surface area contributed by atoms with E-state index in [0.717, 1.165) is 11.3 Å². The van der Waals surface area contributed by atoms with Gasteiger partial charge in [0.25, 0.3) is 5.91 Å². The number of aromatic nitrogens is 1. The number of carbonyl (C=O) groups is 1. The average Bonchev–Trinajstić information content (AvgIpc) is 2.47. The fourth-order valence-electron chi connectivity index (χ4n) is 1.78. The van der Waals surface area contributed by atoms with Crippen molar-refractivity contribution < 1.29 is 9.53 Å². The molecule has 0 atom stereocenters. The van der Waals surface area contributed by atoms with Gasteiger partial charge in [-0.1, -0.05) is 0 Å². The van der Waals surface area contributed by atoms with Gasteiger partial charge in [0.1, 0.15) is 11.8 Å². The van der Waals surface area contributed by atoms with Crippen LogP contribution in [0.3, 0.4) is 0 Å². The molecule has 0 spiro atoms. The van der Waals surface area contributed by atoms with Gasteiger partial charge in [-0.05, 0) is 36.8 Å². The van der Waals surface area contributed by atoms with E-state index < -0.39 is 0 Å². The normalized spacial score (nSPS) is 9.65. The number of ether oxygens (including phenoxy) is 1. The van der Waals surface area contributed by atoms with Gasteiger partial charge in [-0.15, -0.1) is 0 Å². The molecule has 1 heterocycles. The fourth-order valence-corrected chi connectivity index (χ4v) is 1.78. The molecule has 20 heavy (non-hydrogen) atoms. The van der Waals surface area contributed by atoms with Crippen molar-refractivity contribution in [1.29, 1.82) is 5.26 Å². The van der Waals surface area contributed by atoms with Crippen molar-refractivity contribution in [2.75, 3.05) is 12.4 Å². The first kappa shape index (κ1) is 13.6. The third kappa shape index (κ3) is 2.93. The fraction of sp³-hybridized carbons (Fsp3) is 0.133. The summed E-state index contributed by atoms with van der Waals surface area (Å²) in [5.41, 5.74) is 2.28. The maximum absolute atomic E-state index is 12.1. The number of nitrogens with zero attached hydrogens (tertiary/aromatic N) is 2. The van der Waals surface area contributed by atoms with E-state index in [1.807, 2.05) is 19.1 Å². The van der Waals surface area contributed by atoms with E-state index in [-0.39, 0.29) is 5.91 Å². The zero-order valence-corrected chi connectivity index (χ0v) is 11.2. The minimum atomic E-state index is -0.306. The number of hydrogen-bond acceptors (Lipinski definition) is 4. The Labute approximate surface area is 116 Å². The van der Waals surface area contributed by atoms with Gasteiger partial charge in [0.05, 0.1) is 18.2 Å². The second-order valence-corrected chi connectivity index (χ2v) is 4.21. The Bertz CT molecular complexity index is 690. The minimum absolute atomic E-state index is 0.306. The number of pyridine rings is 1. The average molecular weight is 267 g/mol. The molecule has 1 amide bonds. The van der Waals surface area contributed by atoms with Gasteiger partial charge < -0.3 is 10.1 Å². The molecule has 0 aliphatic heterocycles. The second-order valence-electron chi connectivity index (χ2n) is 4.21. The number of benzene rings is 1. The van der Waals surface area contributed by atoms with E-state index >= 15 is 0 Å². The van der Waals surface area contributed by atoms with Gasteiger partial charge in [-0.2, -0.15) is 5.26 Å². The zero-order valence-electron chi connectivity index (χ0n) is 11.2. The Kier molecular flexibility index (Phi) is 3.96. The highest BCUT2D eigenvalue weighted by Crippen LogP contribution is 2.21. The van der Waals surface area contributed by atoms with E-state index in [1.165, 1.54) is 18.5 Å². The van der Waals surface area contributed by atoms with Crippen molar-refractivity contribution in [2.45, 2.75) is 6.92 Å². The molecule has 100 valence electrons. The first-order valence-corrected chi connectivity index (χ1v) is 5.95. The molecule has 5 heteroatoms. The molecule has 0 fully saturated rings. The number of methoxy groups -OCH3 is 1. The van der Waals surface area contributed by atoms with Crippen molar-refractivity contribution >= 4 is 11.6 Å². The number of anilines is 1. The Balaban J connectivity index is 2.19. The summed E-state index contributed by atoms with van der Waals surface area (Å²) >= 11 is 0. The van der Waals surface area contributed by atoms with Crippen LogP contribution in [0.1, 0.15) is 21.5 Å². The summed E-state index contributed by atoms with van der Waals surface area (Å²) in [6.07, 6.45) is 2.83. The molecule has 1 N–H and O–H groups in total. The number of hydrogen-bond donors (Lipinski definition) is 1. The van der Waals surface area contributed by atoms with E-state index in [4.69, 9.17) is 10.00 Å². The van der Waals surface area contributed by atoms with Crippen LogP contribution in [0.15, 0.2) is 36.7 Å².